The van der Waals surface area contributed by atoms with Crippen LogP contribution in [0.25, 0.3) is 0 Å². The van der Waals surface area contributed by atoms with Gasteiger partial charge in [0.25, 0.3) is 5.91 Å². The van der Waals surface area contributed by atoms with Crippen molar-refractivity contribution in [2.24, 2.45) is 0 Å². The van der Waals surface area contributed by atoms with Gasteiger partial charge in [-0.3, -0.25) is 9.89 Å². The SMILES string of the molecule is CCCc1nc([C@@H]2CN(C(=O)c3ncoc3C(C)C)CCO2)n[nH]1. The van der Waals surface area contributed by atoms with Crippen LogP contribution in [0.5, 0.6) is 0 Å². The van der Waals surface area contributed by atoms with Crippen molar-refractivity contribution in [2.75, 3.05) is 19.7 Å². The zero-order valence-electron chi connectivity index (χ0n) is 14.3. The number of aromatic nitrogens is 4. The predicted molar refractivity (Wildman–Crippen MR) is 85.6 cm³/mol. The van der Waals surface area contributed by atoms with Crippen LogP contribution in [0.15, 0.2) is 10.8 Å². The van der Waals surface area contributed by atoms with Gasteiger partial charge in [-0.25, -0.2) is 9.97 Å². The summed E-state index contributed by atoms with van der Waals surface area (Å²) < 4.78 is 11.1. The van der Waals surface area contributed by atoms with Crippen LogP contribution in [-0.2, 0) is 11.2 Å². The number of ether oxygens (including phenoxy) is 1. The van der Waals surface area contributed by atoms with E-state index in [2.05, 4.69) is 27.1 Å². The van der Waals surface area contributed by atoms with Gasteiger partial charge in [-0.15, -0.1) is 0 Å². The van der Waals surface area contributed by atoms with E-state index < -0.39 is 0 Å². The van der Waals surface area contributed by atoms with Crippen LogP contribution in [0, 0.1) is 0 Å². The molecule has 24 heavy (non-hydrogen) atoms. The highest BCUT2D eigenvalue weighted by Crippen LogP contribution is 2.24. The molecular weight excluding hydrogens is 310 g/mol. The second-order valence-corrected chi connectivity index (χ2v) is 6.22. The van der Waals surface area contributed by atoms with Crippen LogP contribution < -0.4 is 0 Å². The number of carbonyl (C=O) groups is 1. The number of rotatable bonds is 5. The Labute approximate surface area is 140 Å². The monoisotopic (exact) mass is 333 g/mol. The molecule has 3 rings (SSSR count). The number of nitrogens with zero attached hydrogens (tertiary/aromatic N) is 4. The van der Waals surface area contributed by atoms with Crippen molar-refractivity contribution in [3.05, 3.63) is 29.5 Å². The number of morpholine rings is 1. The molecule has 0 radical (unpaired) electrons. The van der Waals surface area contributed by atoms with Crippen molar-refractivity contribution in [1.29, 1.82) is 0 Å². The molecule has 1 amide bonds. The molecule has 8 nitrogen and oxygen atoms in total. The van der Waals surface area contributed by atoms with Crippen molar-refractivity contribution in [1.82, 2.24) is 25.1 Å². The minimum absolute atomic E-state index is 0.105. The van der Waals surface area contributed by atoms with E-state index in [1.54, 1.807) is 4.90 Å². The molecule has 1 saturated heterocycles. The van der Waals surface area contributed by atoms with Crippen molar-refractivity contribution >= 4 is 5.91 Å². The molecule has 3 heterocycles. The normalized spacial score (nSPS) is 18.3. The Kier molecular flexibility index (Phi) is 4.94. The van der Waals surface area contributed by atoms with Gasteiger partial charge in [0.05, 0.1) is 13.2 Å². The lowest BCUT2D eigenvalue weighted by molar-refractivity contribution is -0.0269. The average Bonchev–Trinajstić information content (AvgIpc) is 3.24. The van der Waals surface area contributed by atoms with Gasteiger partial charge < -0.3 is 14.1 Å². The third-order valence-electron chi connectivity index (χ3n) is 4.00. The van der Waals surface area contributed by atoms with Crippen LogP contribution in [-0.4, -0.2) is 50.7 Å². The van der Waals surface area contributed by atoms with Gasteiger partial charge in [0.15, 0.2) is 17.9 Å². The molecule has 0 spiro atoms. The first-order valence-electron chi connectivity index (χ1n) is 8.35. The van der Waals surface area contributed by atoms with Crippen molar-refractivity contribution < 1.29 is 13.9 Å². The molecule has 1 fully saturated rings. The van der Waals surface area contributed by atoms with Gasteiger partial charge in [0.2, 0.25) is 0 Å². The van der Waals surface area contributed by atoms with Crippen LogP contribution in [0.2, 0.25) is 0 Å². The highest BCUT2D eigenvalue weighted by Gasteiger charge is 2.31. The Morgan fingerprint density at radius 2 is 2.33 bits per heavy atom. The molecular formula is C16H23N5O3. The molecule has 1 N–H and O–H groups in total. The first-order valence-corrected chi connectivity index (χ1v) is 8.35. The summed E-state index contributed by atoms with van der Waals surface area (Å²) in [5.41, 5.74) is 0.382. The van der Waals surface area contributed by atoms with Crippen LogP contribution >= 0.6 is 0 Å². The molecule has 1 atom stereocenters. The Morgan fingerprint density at radius 1 is 1.50 bits per heavy atom. The largest absolute Gasteiger partial charge is 0.447 e. The summed E-state index contributed by atoms with van der Waals surface area (Å²) >= 11 is 0. The summed E-state index contributed by atoms with van der Waals surface area (Å²) in [6, 6.07) is 0. The summed E-state index contributed by atoms with van der Waals surface area (Å²) in [5.74, 6) is 2.03. The zero-order chi connectivity index (χ0) is 17.1. The van der Waals surface area contributed by atoms with E-state index in [0.29, 0.717) is 37.0 Å². The number of aryl methyl sites for hydroxylation is 1. The minimum atomic E-state index is -0.320. The summed E-state index contributed by atoms with van der Waals surface area (Å²) in [5, 5.41) is 7.16. The number of nitrogens with one attached hydrogen (secondary N) is 1. The minimum Gasteiger partial charge on any atom is -0.447 e. The standard InChI is InChI=1S/C16H23N5O3/c1-4-5-12-18-15(20-19-12)11-8-21(6-7-23-11)16(22)13-14(10(2)3)24-9-17-13/h9-11H,4-8H2,1-3H3,(H,18,19,20)/t11-/m0/s1. The van der Waals surface area contributed by atoms with Gasteiger partial charge in [-0.05, 0) is 6.42 Å². The lowest BCUT2D eigenvalue weighted by Crippen LogP contribution is -2.43. The molecule has 0 bridgehead atoms. The van der Waals surface area contributed by atoms with E-state index in [0.717, 1.165) is 18.7 Å². The summed E-state index contributed by atoms with van der Waals surface area (Å²) in [6.07, 6.45) is 2.85. The second-order valence-electron chi connectivity index (χ2n) is 6.22. The Hall–Kier alpha value is -2.22. The van der Waals surface area contributed by atoms with E-state index in [9.17, 15) is 4.79 Å². The Bertz CT molecular complexity index is 693. The van der Waals surface area contributed by atoms with Crippen LogP contribution in [0.3, 0.4) is 0 Å². The topological polar surface area (TPSA) is 97.1 Å². The van der Waals surface area contributed by atoms with E-state index in [1.165, 1.54) is 6.39 Å². The fourth-order valence-electron chi connectivity index (χ4n) is 2.77. The zero-order valence-corrected chi connectivity index (χ0v) is 14.3. The van der Waals surface area contributed by atoms with E-state index >= 15 is 0 Å². The van der Waals surface area contributed by atoms with Gasteiger partial charge >= 0.3 is 0 Å². The molecule has 2 aromatic heterocycles. The molecule has 0 unspecified atom stereocenters. The van der Waals surface area contributed by atoms with Gasteiger partial charge in [-0.2, -0.15) is 5.10 Å². The Balaban J connectivity index is 1.72. The molecule has 8 heteroatoms. The molecule has 1 aliphatic heterocycles. The number of H-pyrrole nitrogens is 1. The second kappa shape index (κ2) is 7.12. The van der Waals surface area contributed by atoms with Gasteiger partial charge in [-0.1, -0.05) is 20.8 Å². The molecule has 0 saturated carbocycles. The quantitative estimate of drug-likeness (QED) is 0.900. The summed E-state index contributed by atoms with van der Waals surface area (Å²) in [7, 11) is 0. The molecule has 0 aromatic carbocycles. The van der Waals surface area contributed by atoms with E-state index in [4.69, 9.17) is 9.15 Å². The highest BCUT2D eigenvalue weighted by atomic mass is 16.5. The first-order chi connectivity index (χ1) is 11.6. The van der Waals surface area contributed by atoms with Crippen molar-refractivity contribution in [3.63, 3.8) is 0 Å². The van der Waals surface area contributed by atoms with E-state index in [1.807, 2.05) is 13.8 Å². The van der Waals surface area contributed by atoms with Crippen molar-refractivity contribution in [3.8, 4) is 0 Å². The highest BCUT2D eigenvalue weighted by molar-refractivity contribution is 5.93. The lowest BCUT2D eigenvalue weighted by atomic mass is 10.1. The maximum absolute atomic E-state index is 12.8. The van der Waals surface area contributed by atoms with E-state index in [-0.39, 0.29) is 17.9 Å². The third kappa shape index (κ3) is 3.33. The fourth-order valence-corrected chi connectivity index (χ4v) is 2.77. The maximum atomic E-state index is 12.8. The maximum Gasteiger partial charge on any atom is 0.276 e. The smallest absolute Gasteiger partial charge is 0.276 e. The Morgan fingerprint density at radius 3 is 3.08 bits per heavy atom. The lowest BCUT2D eigenvalue weighted by Gasteiger charge is -2.31. The molecule has 130 valence electrons. The molecule has 0 aliphatic carbocycles. The summed E-state index contributed by atoms with van der Waals surface area (Å²) in [4.78, 5) is 23.1. The first kappa shape index (κ1) is 16.6. The number of hydrogen-bond donors (Lipinski definition) is 1. The van der Waals surface area contributed by atoms with Crippen LogP contribution in [0.1, 0.15) is 67.1 Å². The number of carbonyl (C=O) groups excluding carboxylic acids is 1. The average molecular weight is 333 g/mol. The number of hydrogen-bond acceptors (Lipinski definition) is 6. The van der Waals surface area contributed by atoms with Crippen LogP contribution in [0.4, 0.5) is 0 Å². The van der Waals surface area contributed by atoms with Crippen molar-refractivity contribution in [2.45, 2.75) is 45.6 Å². The number of aromatic amines is 1. The number of amides is 1. The molecule has 1 aliphatic rings. The van der Waals surface area contributed by atoms with Gasteiger partial charge in [0.1, 0.15) is 17.7 Å². The molecule has 2 aromatic rings. The predicted octanol–water partition coefficient (Wildman–Crippen LogP) is 2.08. The van der Waals surface area contributed by atoms with Gasteiger partial charge in [0, 0.05) is 18.9 Å². The summed E-state index contributed by atoms with van der Waals surface area (Å²) in [6.45, 7) is 7.41. The fraction of sp³-hybridized carbons (Fsp3) is 0.625. The number of oxazole rings is 1. The third-order valence-corrected chi connectivity index (χ3v) is 4.00.